The third kappa shape index (κ3) is 4.79. The summed E-state index contributed by atoms with van der Waals surface area (Å²) < 4.78 is 0. The highest BCUT2D eigenvalue weighted by atomic mass is 35.5. The monoisotopic (exact) mass is 352 g/mol. The highest BCUT2D eigenvalue weighted by molar-refractivity contribution is 7.13. The van der Waals surface area contributed by atoms with Gasteiger partial charge >= 0.3 is 0 Å². The Hall–Kier alpha value is -0.400. The number of anilines is 1. The van der Waals surface area contributed by atoms with Crippen LogP contribution in [0, 0.1) is 5.92 Å². The Balaban J connectivity index is 0.00000110. The standard InChI is InChI=1S/C13H20N4OS.2ClH/c1-9(18)15-13-16-11(8-19-13)7-17-5-3-12-10(6-17)2-4-14-12;;/h8,10,12,14H,2-7H2,1H3,(H,15,16,18);2*1H. The van der Waals surface area contributed by atoms with E-state index in [0.717, 1.165) is 30.7 Å². The van der Waals surface area contributed by atoms with Crippen molar-refractivity contribution in [2.24, 2.45) is 5.92 Å². The highest BCUT2D eigenvalue weighted by Gasteiger charge is 2.32. The summed E-state index contributed by atoms with van der Waals surface area (Å²) in [4.78, 5) is 17.9. The Bertz CT molecular complexity index is 471. The summed E-state index contributed by atoms with van der Waals surface area (Å²) in [5, 5.41) is 9.07. The molecular weight excluding hydrogens is 331 g/mol. The summed E-state index contributed by atoms with van der Waals surface area (Å²) >= 11 is 1.50. The maximum atomic E-state index is 11.0. The van der Waals surface area contributed by atoms with Crippen molar-refractivity contribution in [2.75, 3.05) is 25.0 Å². The van der Waals surface area contributed by atoms with Crippen molar-refractivity contribution >= 4 is 47.2 Å². The number of nitrogens with zero attached hydrogens (tertiary/aromatic N) is 2. The Morgan fingerprint density at radius 1 is 1.52 bits per heavy atom. The van der Waals surface area contributed by atoms with Crippen molar-refractivity contribution in [1.29, 1.82) is 0 Å². The number of carbonyl (C=O) groups is 1. The van der Waals surface area contributed by atoms with Crippen LogP contribution in [0.4, 0.5) is 5.13 Å². The smallest absolute Gasteiger partial charge is 0.223 e. The number of halogens is 2. The number of piperidine rings is 1. The molecule has 0 bridgehead atoms. The summed E-state index contributed by atoms with van der Waals surface area (Å²) in [6.45, 7) is 5.90. The molecule has 2 fully saturated rings. The molecule has 2 saturated heterocycles. The maximum absolute atomic E-state index is 11.0. The molecule has 1 amide bonds. The first kappa shape index (κ1) is 18.6. The number of fused-ring (bicyclic) bond motifs is 1. The van der Waals surface area contributed by atoms with Crippen LogP contribution < -0.4 is 10.6 Å². The van der Waals surface area contributed by atoms with Crippen LogP contribution in [0.5, 0.6) is 0 Å². The van der Waals surface area contributed by atoms with Gasteiger partial charge < -0.3 is 10.6 Å². The zero-order chi connectivity index (χ0) is 13.2. The molecule has 0 radical (unpaired) electrons. The largest absolute Gasteiger partial charge is 0.314 e. The Morgan fingerprint density at radius 3 is 3.10 bits per heavy atom. The molecule has 3 heterocycles. The van der Waals surface area contributed by atoms with Gasteiger partial charge in [0, 0.05) is 38.0 Å². The van der Waals surface area contributed by atoms with Gasteiger partial charge in [-0.2, -0.15) is 0 Å². The molecule has 0 aromatic carbocycles. The van der Waals surface area contributed by atoms with E-state index < -0.39 is 0 Å². The lowest BCUT2D eigenvalue weighted by Gasteiger charge is -2.34. The second-order valence-corrected chi connectivity index (χ2v) is 6.32. The molecule has 1 aromatic rings. The fourth-order valence-electron chi connectivity index (χ4n) is 3.08. The van der Waals surface area contributed by atoms with Crippen LogP contribution >= 0.6 is 36.2 Å². The first-order valence-electron chi connectivity index (χ1n) is 6.88. The molecule has 8 heteroatoms. The molecule has 2 aliphatic heterocycles. The van der Waals surface area contributed by atoms with Crippen LogP contribution in [0.25, 0.3) is 0 Å². The van der Waals surface area contributed by atoms with Crippen LogP contribution in [-0.2, 0) is 11.3 Å². The number of carbonyl (C=O) groups excluding carboxylic acids is 1. The van der Waals surface area contributed by atoms with Gasteiger partial charge in [-0.3, -0.25) is 9.69 Å². The van der Waals surface area contributed by atoms with E-state index in [1.165, 1.54) is 44.2 Å². The van der Waals surface area contributed by atoms with Gasteiger partial charge in [-0.25, -0.2) is 4.98 Å². The molecule has 0 aliphatic carbocycles. The number of hydrogen-bond donors (Lipinski definition) is 2. The third-order valence-electron chi connectivity index (χ3n) is 3.96. The number of likely N-dealkylation sites (tertiary alicyclic amines) is 1. The minimum atomic E-state index is -0.0567. The number of rotatable bonds is 3. The summed E-state index contributed by atoms with van der Waals surface area (Å²) in [7, 11) is 0. The Labute approximate surface area is 141 Å². The van der Waals surface area contributed by atoms with E-state index in [2.05, 4.69) is 20.5 Å². The average Bonchev–Trinajstić information content (AvgIpc) is 2.97. The van der Waals surface area contributed by atoms with Crippen molar-refractivity contribution in [3.63, 3.8) is 0 Å². The van der Waals surface area contributed by atoms with Gasteiger partial charge in [0.1, 0.15) is 0 Å². The van der Waals surface area contributed by atoms with Crippen LogP contribution in [0.2, 0.25) is 0 Å². The predicted molar refractivity (Wildman–Crippen MR) is 90.7 cm³/mol. The normalized spacial score (nSPS) is 24.6. The fourth-order valence-corrected chi connectivity index (χ4v) is 3.83. The molecule has 0 spiro atoms. The molecule has 5 nitrogen and oxygen atoms in total. The van der Waals surface area contributed by atoms with E-state index in [1.54, 1.807) is 0 Å². The predicted octanol–water partition coefficient (Wildman–Crippen LogP) is 2.13. The molecule has 2 aliphatic rings. The zero-order valence-corrected chi connectivity index (χ0v) is 14.5. The van der Waals surface area contributed by atoms with E-state index >= 15 is 0 Å². The molecule has 3 rings (SSSR count). The molecular formula is C13H22Cl2N4OS. The number of nitrogens with one attached hydrogen (secondary N) is 2. The summed E-state index contributed by atoms with van der Waals surface area (Å²) in [6, 6.07) is 0.738. The molecule has 2 unspecified atom stereocenters. The van der Waals surface area contributed by atoms with Crippen molar-refractivity contribution in [2.45, 2.75) is 32.4 Å². The molecule has 1 aromatic heterocycles. The minimum absolute atomic E-state index is 0. The fraction of sp³-hybridized carbons (Fsp3) is 0.692. The molecule has 2 N–H and O–H groups in total. The Kier molecular flexibility index (Phi) is 7.36. The summed E-state index contributed by atoms with van der Waals surface area (Å²) in [5.41, 5.74) is 1.07. The Morgan fingerprint density at radius 2 is 2.33 bits per heavy atom. The highest BCUT2D eigenvalue weighted by Crippen LogP contribution is 2.26. The SMILES string of the molecule is CC(=O)Nc1nc(CN2CCC3NCCC3C2)cs1.Cl.Cl. The number of thiazole rings is 1. The van der Waals surface area contributed by atoms with E-state index in [9.17, 15) is 4.79 Å². The first-order chi connectivity index (χ1) is 9.20. The van der Waals surface area contributed by atoms with Crippen molar-refractivity contribution < 1.29 is 4.79 Å². The molecule has 2 atom stereocenters. The van der Waals surface area contributed by atoms with Gasteiger partial charge in [0.2, 0.25) is 5.91 Å². The third-order valence-corrected chi connectivity index (χ3v) is 4.77. The zero-order valence-electron chi connectivity index (χ0n) is 12.0. The van der Waals surface area contributed by atoms with Gasteiger partial charge in [-0.05, 0) is 25.3 Å². The maximum Gasteiger partial charge on any atom is 0.223 e. The van der Waals surface area contributed by atoms with Crippen LogP contribution in [0.3, 0.4) is 0 Å². The number of hydrogen-bond acceptors (Lipinski definition) is 5. The minimum Gasteiger partial charge on any atom is -0.314 e. The topological polar surface area (TPSA) is 57.3 Å². The van der Waals surface area contributed by atoms with Crippen molar-refractivity contribution in [1.82, 2.24) is 15.2 Å². The second-order valence-electron chi connectivity index (χ2n) is 5.46. The van der Waals surface area contributed by atoms with Crippen LogP contribution in [-0.4, -0.2) is 41.5 Å². The quantitative estimate of drug-likeness (QED) is 0.874. The first-order valence-corrected chi connectivity index (χ1v) is 7.76. The van der Waals surface area contributed by atoms with Gasteiger partial charge in [0.05, 0.1) is 5.69 Å². The van der Waals surface area contributed by atoms with Gasteiger partial charge in [-0.1, -0.05) is 0 Å². The molecule has 0 saturated carbocycles. The van der Waals surface area contributed by atoms with E-state index in [0.29, 0.717) is 5.13 Å². The average molecular weight is 353 g/mol. The molecule has 120 valence electrons. The van der Waals surface area contributed by atoms with Crippen molar-refractivity contribution in [3.05, 3.63) is 11.1 Å². The van der Waals surface area contributed by atoms with Gasteiger partial charge in [0.25, 0.3) is 0 Å². The van der Waals surface area contributed by atoms with Crippen molar-refractivity contribution in [3.8, 4) is 0 Å². The number of aromatic nitrogens is 1. The lowest BCUT2D eigenvalue weighted by molar-refractivity contribution is -0.114. The van der Waals surface area contributed by atoms with E-state index in [1.807, 2.05) is 5.38 Å². The van der Waals surface area contributed by atoms with E-state index in [4.69, 9.17) is 0 Å². The lowest BCUT2D eigenvalue weighted by Crippen LogP contribution is -2.43. The van der Waals surface area contributed by atoms with Gasteiger partial charge in [0.15, 0.2) is 5.13 Å². The molecule has 21 heavy (non-hydrogen) atoms. The summed E-state index contributed by atoms with van der Waals surface area (Å²) in [6.07, 6.45) is 2.54. The van der Waals surface area contributed by atoms with Crippen LogP contribution in [0.1, 0.15) is 25.5 Å². The number of amides is 1. The second kappa shape index (κ2) is 8.29. The van der Waals surface area contributed by atoms with Gasteiger partial charge in [-0.15, -0.1) is 36.2 Å². The lowest BCUT2D eigenvalue weighted by atomic mass is 9.93. The van der Waals surface area contributed by atoms with E-state index in [-0.39, 0.29) is 30.7 Å². The van der Waals surface area contributed by atoms with Crippen LogP contribution in [0.15, 0.2) is 5.38 Å². The summed E-state index contributed by atoms with van der Waals surface area (Å²) in [5.74, 6) is 0.751.